The van der Waals surface area contributed by atoms with Gasteiger partial charge in [0.05, 0.1) is 5.92 Å². The Morgan fingerprint density at radius 3 is 2.73 bits per heavy atom. The molecule has 8 nitrogen and oxygen atoms in total. The Labute approximate surface area is 191 Å². The number of carbonyl (C=O) groups excluding carboxylic acids is 3. The minimum Gasteiger partial charge on any atom is -0.454 e. The van der Waals surface area contributed by atoms with Gasteiger partial charge < -0.3 is 24.6 Å². The molecule has 33 heavy (non-hydrogen) atoms. The van der Waals surface area contributed by atoms with Crippen molar-refractivity contribution in [3.8, 4) is 11.5 Å². The highest BCUT2D eigenvalue weighted by molar-refractivity contribution is 6.02. The molecular formula is C25H25N3O5. The summed E-state index contributed by atoms with van der Waals surface area (Å²) in [5.74, 6) is 1.21. The summed E-state index contributed by atoms with van der Waals surface area (Å²) in [7, 11) is 0. The van der Waals surface area contributed by atoms with E-state index in [0.29, 0.717) is 31.1 Å². The maximum atomic E-state index is 12.8. The molecule has 4 aliphatic rings. The molecule has 1 saturated heterocycles. The number of nitrogens with zero attached hydrogens (tertiary/aromatic N) is 2. The van der Waals surface area contributed by atoms with E-state index in [1.165, 1.54) is 0 Å². The summed E-state index contributed by atoms with van der Waals surface area (Å²) in [4.78, 5) is 41.6. The van der Waals surface area contributed by atoms with Gasteiger partial charge in [0.15, 0.2) is 11.5 Å². The van der Waals surface area contributed by atoms with Gasteiger partial charge >= 0.3 is 0 Å². The van der Waals surface area contributed by atoms with Gasteiger partial charge in [0.1, 0.15) is 0 Å². The first-order chi connectivity index (χ1) is 16.1. The highest BCUT2D eigenvalue weighted by Crippen LogP contribution is 2.38. The third kappa shape index (κ3) is 3.69. The zero-order chi connectivity index (χ0) is 22.5. The third-order valence-electron chi connectivity index (χ3n) is 6.86. The molecule has 3 aliphatic heterocycles. The summed E-state index contributed by atoms with van der Waals surface area (Å²) in [5.41, 5.74) is 3.76. The number of carbonyl (C=O) groups is 3. The standard InChI is InChI=1S/C25H25N3O5/c29-23-11-18(24(30)26-12-15-1-6-21-22(9-15)33-14-32-21)13-28(23)19-4-5-20-17(10-19)7-8-27(20)25(31)16-2-3-16/h1,4-6,9-10,16,18H,2-3,7-8,11-14H2,(H,26,30). The highest BCUT2D eigenvalue weighted by Gasteiger charge is 2.38. The summed E-state index contributed by atoms with van der Waals surface area (Å²) in [6.07, 6.45) is 2.96. The normalized spacial score (nSPS) is 20.8. The Bertz CT molecular complexity index is 1160. The molecule has 6 rings (SSSR count). The maximum Gasteiger partial charge on any atom is 0.231 e. The molecule has 0 spiro atoms. The summed E-state index contributed by atoms with van der Waals surface area (Å²) >= 11 is 0. The molecule has 2 aromatic carbocycles. The Morgan fingerprint density at radius 1 is 1.03 bits per heavy atom. The first-order valence-corrected chi connectivity index (χ1v) is 11.5. The molecule has 170 valence electrons. The van der Waals surface area contributed by atoms with Gasteiger partial charge in [-0.3, -0.25) is 14.4 Å². The first kappa shape index (κ1) is 20.1. The lowest BCUT2D eigenvalue weighted by Crippen LogP contribution is -2.32. The van der Waals surface area contributed by atoms with Crippen LogP contribution in [-0.4, -0.2) is 37.6 Å². The van der Waals surface area contributed by atoms with Crippen molar-refractivity contribution in [2.24, 2.45) is 11.8 Å². The fourth-order valence-electron chi connectivity index (χ4n) is 4.85. The number of amides is 3. The van der Waals surface area contributed by atoms with Crippen LogP contribution in [0, 0.1) is 11.8 Å². The van der Waals surface area contributed by atoms with Crippen LogP contribution in [0.5, 0.6) is 11.5 Å². The number of hydrogen-bond acceptors (Lipinski definition) is 5. The Morgan fingerprint density at radius 2 is 1.88 bits per heavy atom. The van der Waals surface area contributed by atoms with Gasteiger partial charge in [-0.05, 0) is 60.7 Å². The van der Waals surface area contributed by atoms with Crippen molar-refractivity contribution in [1.29, 1.82) is 0 Å². The van der Waals surface area contributed by atoms with E-state index in [0.717, 1.165) is 41.8 Å². The number of rotatable bonds is 5. The summed E-state index contributed by atoms with van der Waals surface area (Å²) in [6, 6.07) is 11.4. The van der Waals surface area contributed by atoms with Crippen LogP contribution in [0.4, 0.5) is 11.4 Å². The summed E-state index contributed by atoms with van der Waals surface area (Å²) in [5, 5.41) is 2.94. The quantitative estimate of drug-likeness (QED) is 0.761. The fraction of sp³-hybridized carbons (Fsp3) is 0.400. The maximum absolute atomic E-state index is 12.8. The topological polar surface area (TPSA) is 88.2 Å². The molecule has 2 fully saturated rings. The van der Waals surface area contributed by atoms with E-state index in [-0.39, 0.29) is 36.9 Å². The molecule has 0 radical (unpaired) electrons. The van der Waals surface area contributed by atoms with Crippen molar-refractivity contribution < 1.29 is 23.9 Å². The molecule has 1 saturated carbocycles. The third-order valence-corrected chi connectivity index (χ3v) is 6.86. The molecule has 2 aromatic rings. The largest absolute Gasteiger partial charge is 0.454 e. The molecule has 8 heteroatoms. The Balaban J connectivity index is 1.10. The second-order valence-corrected chi connectivity index (χ2v) is 9.14. The zero-order valence-corrected chi connectivity index (χ0v) is 18.2. The van der Waals surface area contributed by atoms with E-state index in [2.05, 4.69) is 5.32 Å². The van der Waals surface area contributed by atoms with Crippen molar-refractivity contribution in [1.82, 2.24) is 5.32 Å². The lowest BCUT2D eigenvalue weighted by atomic mass is 10.1. The predicted octanol–water partition coefficient (Wildman–Crippen LogP) is 2.38. The van der Waals surface area contributed by atoms with Crippen LogP contribution in [0.3, 0.4) is 0 Å². The predicted molar refractivity (Wildman–Crippen MR) is 120 cm³/mol. The second kappa shape index (κ2) is 7.79. The summed E-state index contributed by atoms with van der Waals surface area (Å²) < 4.78 is 10.7. The van der Waals surface area contributed by atoms with Crippen molar-refractivity contribution in [2.45, 2.75) is 32.2 Å². The van der Waals surface area contributed by atoms with E-state index in [4.69, 9.17) is 9.47 Å². The average molecular weight is 447 g/mol. The van der Waals surface area contributed by atoms with Gasteiger partial charge in [-0.25, -0.2) is 0 Å². The fourth-order valence-corrected chi connectivity index (χ4v) is 4.85. The minimum absolute atomic E-state index is 0.0536. The van der Waals surface area contributed by atoms with E-state index >= 15 is 0 Å². The number of benzene rings is 2. The molecule has 3 heterocycles. The molecule has 3 amide bonds. The molecule has 0 aromatic heterocycles. The highest BCUT2D eigenvalue weighted by atomic mass is 16.7. The Hall–Kier alpha value is -3.55. The molecule has 1 unspecified atom stereocenters. The zero-order valence-electron chi connectivity index (χ0n) is 18.2. The number of fused-ring (bicyclic) bond motifs is 2. The van der Waals surface area contributed by atoms with Crippen LogP contribution in [-0.2, 0) is 27.3 Å². The number of hydrogen-bond donors (Lipinski definition) is 1. The Kier molecular flexibility index (Phi) is 4.74. The first-order valence-electron chi connectivity index (χ1n) is 11.5. The van der Waals surface area contributed by atoms with Gasteiger partial charge in [-0.15, -0.1) is 0 Å². The average Bonchev–Trinajstić information content (AvgIpc) is 3.24. The van der Waals surface area contributed by atoms with Crippen LogP contribution < -0.4 is 24.6 Å². The van der Waals surface area contributed by atoms with Crippen molar-refractivity contribution >= 4 is 29.1 Å². The van der Waals surface area contributed by atoms with Crippen LogP contribution >= 0.6 is 0 Å². The number of ether oxygens (including phenoxy) is 2. The van der Waals surface area contributed by atoms with Crippen molar-refractivity contribution in [3.05, 3.63) is 47.5 Å². The van der Waals surface area contributed by atoms with E-state index in [9.17, 15) is 14.4 Å². The van der Waals surface area contributed by atoms with Crippen LogP contribution in [0.2, 0.25) is 0 Å². The minimum atomic E-state index is -0.396. The monoisotopic (exact) mass is 447 g/mol. The van der Waals surface area contributed by atoms with Gasteiger partial charge in [0, 0.05) is 43.3 Å². The van der Waals surface area contributed by atoms with Crippen molar-refractivity contribution in [2.75, 3.05) is 29.7 Å². The molecular weight excluding hydrogens is 422 g/mol. The molecule has 0 bridgehead atoms. The van der Waals surface area contributed by atoms with E-state index in [1.807, 2.05) is 41.3 Å². The van der Waals surface area contributed by atoms with Crippen molar-refractivity contribution in [3.63, 3.8) is 0 Å². The SMILES string of the molecule is O=C(NCc1ccc2c(c1)OCO2)C1CC(=O)N(c2ccc3c(c2)CCN3C(=O)C2CC2)C1. The van der Waals surface area contributed by atoms with Gasteiger partial charge in [0.25, 0.3) is 0 Å². The molecule has 1 N–H and O–H groups in total. The molecule has 1 aliphatic carbocycles. The van der Waals surface area contributed by atoms with Gasteiger partial charge in [0.2, 0.25) is 24.5 Å². The van der Waals surface area contributed by atoms with Crippen LogP contribution in [0.1, 0.15) is 30.4 Å². The smallest absolute Gasteiger partial charge is 0.231 e. The lowest BCUT2D eigenvalue weighted by molar-refractivity contribution is -0.126. The molecule has 1 atom stereocenters. The number of nitrogens with one attached hydrogen (secondary N) is 1. The van der Waals surface area contributed by atoms with Gasteiger partial charge in [-0.1, -0.05) is 6.07 Å². The number of anilines is 2. The van der Waals surface area contributed by atoms with Crippen LogP contribution in [0.15, 0.2) is 36.4 Å². The van der Waals surface area contributed by atoms with Gasteiger partial charge in [-0.2, -0.15) is 0 Å². The second-order valence-electron chi connectivity index (χ2n) is 9.14. The van der Waals surface area contributed by atoms with E-state index < -0.39 is 5.92 Å². The van der Waals surface area contributed by atoms with Crippen LogP contribution in [0.25, 0.3) is 0 Å². The van der Waals surface area contributed by atoms with E-state index in [1.54, 1.807) is 4.90 Å². The summed E-state index contributed by atoms with van der Waals surface area (Å²) in [6.45, 7) is 1.63. The lowest BCUT2D eigenvalue weighted by Gasteiger charge is -2.20.